The number of carbonyl (C=O) groups is 2. The minimum absolute atomic E-state index is 0.0633. The van der Waals surface area contributed by atoms with Crippen LogP contribution in [0.5, 0.6) is 11.5 Å². The number of benzene rings is 2. The van der Waals surface area contributed by atoms with E-state index >= 15 is 0 Å². The molecule has 0 radical (unpaired) electrons. The topological polar surface area (TPSA) is 89.0 Å². The Hall–Kier alpha value is -2.92. The molecule has 0 aromatic heterocycles. The molecule has 32 heavy (non-hydrogen) atoms. The maximum Gasteiger partial charge on any atom is 0.416 e. The van der Waals surface area contributed by atoms with E-state index in [0.29, 0.717) is 17.2 Å². The van der Waals surface area contributed by atoms with Gasteiger partial charge in [0.05, 0.1) is 30.5 Å². The van der Waals surface area contributed by atoms with Gasteiger partial charge >= 0.3 is 6.18 Å². The van der Waals surface area contributed by atoms with Gasteiger partial charge in [0.1, 0.15) is 22.4 Å². The first-order valence-corrected chi connectivity index (χ1v) is 10.3. The summed E-state index contributed by atoms with van der Waals surface area (Å²) in [5.74, 6) is -0.239. The number of rotatable bonds is 5. The molecule has 2 amide bonds. The Balaban J connectivity index is 1.82. The van der Waals surface area contributed by atoms with Crippen molar-refractivity contribution in [1.82, 2.24) is 5.32 Å². The highest BCUT2D eigenvalue weighted by atomic mass is 35.5. The van der Waals surface area contributed by atoms with E-state index in [4.69, 9.17) is 21.1 Å². The lowest BCUT2D eigenvalue weighted by Crippen LogP contribution is -2.41. The van der Waals surface area contributed by atoms with Crippen LogP contribution in [0.2, 0.25) is 5.02 Å². The normalized spacial score (nSPS) is 17.6. The van der Waals surface area contributed by atoms with Gasteiger partial charge in [-0.25, -0.2) is 4.99 Å². The first-order chi connectivity index (χ1) is 15.1. The van der Waals surface area contributed by atoms with E-state index in [9.17, 15) is 22.8 Å². The third-order valence-corrected chi connectivity index (χ3v) is 5.73. The summed E-state index contributed by atoms with van der Waals surface area (Å²) in [6.45, 7) is 0. The van der Waals surface area contributed by atoms with E-state index in [0.717, 1.165) is 30.0 Å². The number of anilines is 1. The molecule has 12 heteroatoms. The molecular formula is C20H17ClF3N3O4S. The summed E-state index contributed by atoms with van der Waals surface area (Å²) in [5, 5.41) is 4.06. The summed E-state index contributed by atoms with van der Waals surface area (Å²) in [6, 6.07) is 7.49. The van der Waals surface area contributed by atoms with Crippen LogP contribution in [0.1, 0.15) is 12.0 Å². The smallest absolute Gasteiger partial charge is 0.416 e. The molecule has 2 N–H and O–H groups in total. The van der Waals surface area contributed by atoms with Crippen molar-refractivity contribution in [3.63, 3.8) is 0 Å². The van der Waals surface area contributed by atoms with Gasteiger partial charge < -0.3 is 20.1 Å². The summed E-state index contributed by atoms with van der Waals surface area (Å²) in [6.07, 6.45) is -4.79. The number of halogens is 4. The Morgan fingerprint density at radius 2 is 1.97 bits per heavy atom. The van der Waals surface area contributed by atoms with Gasteiger partial charge in [0, 0.05) is 12.5 Å². The van der Waals surface area contributed by atoms with Crippen molar-refractivity contribution in [2.24, 2.45) is 4.99 Å². The summed E-state index contributed by atoms with van der Waals surface area (Å²) in [7, 11) is 2.93. The van der Waals surface area contributed by atoms with E-state index in [1.807, 2.05) is 0 Å². The molecule has 0 bridgehead atoms. The van der Waals surface area contributed by atoms with Gasteiger partial charge in [-0.2, -0.15) is 13.2 Å². The molecule has 7 nitrogen and oxygen atoms in total. The zero-order chi connectivity index (χ0) is 23.5. The lowest BCUT2D eigenvalue weighted by Gasteiger charge is -2.23. The molecule has 170 valence electrons. The molecule has 1 fully saturated rings. The monoisotopic (exact) mass is 487 g/mol. The van der Waals surface area contributed by atoms with Gasteiger partial charge in [0.15, 0.2) is 5.17 Å². The molecule has 2 aromatic carbocycles. The van der Waals surface area contributed by atoms with Crippen molar-refractivity contribution in [1.29, 1.82) is 0 Å². The van der Waals surface area contributed by atoms with Gasteiger partial charge in [-0.15, -0.1) is 0 Å². The quantitative estimate of drug-likeness (QED) is 0.642. The Morgan fingerprint density at radius 1 is 1.22 bits per heavy atom. The molecule has 1 saturated heterocycles. The van der Waals surface area contributed by atoms with Crippen molar-refractivity contribution in [2.45, 2.75) is 17.8 Å². The summed E-state index contributed by atoms with van der Waals surface area (Å²) >= 11 is 6.89. The van der Waals surface area contributed by atoms with Crippen LogP contribution in [-0.2, 0) is 15.8 Å². The van der Waals surface area contributed by atoms with Crippen LogP contribution in [0.3, 0.4) is 0 Å². The number of amidine groups is 1. The van der Waals surface area contributed by atoms with Crippen LogP contribution in [0.4, 0.5) is 24.5 Å². The van der Waals surface area contributed by atoms with Crippen LogP contribution in [0, 0.1) is 0 Å². The largest absolute Gasteiger partial charge is 0.497 e. The highest BCUT2D eigenvalue weighted by Gasteiger charge is 2.33. The highest BCUT2D eigenvalue weighted by Crippen LogP contribution is 2.36. The Kier molecular flexibility index (Phi) is 7.19. The molecule has 0 saturated carbocycles. The maximum absolute atomic E-state index is 13.0. The van der Waals surface area contributed by atoms with Crippen molar-refractivity contribution in [3.8, 4) is 11.5 Å². The number of nitrogens with one attached hydrogen (secondary N) is 2. The maximum atomic E-state index is 13.0. The number of nitrogens with zero attached hydrogens (tertiary/aromatic N) is 1. The first-order valence-electron chi connectivity index (χ1n) is 9.05. The molecular weight excluding hydrogens is 471 g/mol. The van der Waals surface area contributed by atoms with Crippen LogP contribution >= 0.6 is 23.4 Å². The summed E-state index contributed by atoms with van der Waals surface area (Å²) in [5.41, 5.74) is -0.804. The van der Waals surface area contributed by atoms with Gasteiger partial charge in [-0.05, 0) is 30.3 Å². The third-order valence-electron chi connectivity index (χ3n) is 4.32. The molecule has 2 aromatic rings. The standard InChI is InChI=1S/C20H17ClF3N3O4S/c1-30-11-4-6-15(31-2)14(8-11)26-19-27-17(28)9-16(32-19)18(29)25-13-7-10(20(22,23)24)3-5-12(13)21/h3-8,16H,9H2,1-2H3,(H,25,29)(H,26,27,28). The van der Waals surface area contributed by atoms with Crippen molar-refractivity contribution >= 4 is 51.7 Å². The second-order valence-corrected chi connectivity index (χ2v) is 8.09. The number of alkyl halides is 3. The van der Waals surface area contributed by atoms with Crippen LogP contribution in [0.15, 0.2) is 41.4 Å². The number of aliphatic imine (C=N–C) groups is 1. The lowest BCUT2D eigenvalue weighted by atomic mass is 10.2. The fraction of sp³-hybridized carbons (Fsp3) is 0.250. The minimum Gasteiger partial charge on any atom is -0.497 e. The van der Waals surface area contributed by atoms with E-state index < -0.39 is 28.8 Å². The Bertz CT molecular complexity index is 1080. The van der Waals surface area contributed by atoms with Gasteiger partial charge in [0.2, 0.25) is 11.8 Å². The number of ether oxygens (including phenoxy) is 2. The number of methoxy groups -OCH3 is 2. The molecule has 0 aliphatic carbocycles. The van der Waals surface area contributed by atoms with E-state index in [1.54, 1.807) is 18.2 Å². The Labute approximate surface area is 190 Å². The number of thioether (sulfide) groups is 1. The number of hydrogen-bond donors (Lipinski definition) is 2. The van der Waals surface area contributed by atoms with Crippen LogP contribution in [0.25, 0.3) is 0 Å². The van der Waals surface area contributed by atoms with Gasteiger partial charge in [-0.1, -0.05) is 23.4 Å². The van der Waals surface area contributed by atoms with Gasteiger partial charge in [-0.3, -0.25) is 9.59 Å². The predicted molar refractivity (Wildman–Crippen MR) is 116 cm³/mol. The second-order valence-electron chi connectivity index (χ2n) is 6.50. The molecule has 3 rings (SSSR count). The van der Waals surface area contributed by atoms with E-state index in [1.165, 1.54) is 14.2 Å². The minimum atomic E-state index is -4.60. The predicted octanol–water partition coefficient (Wildman–Crippen LogP) is 4.62. The molecule has 1 aliphatic rings. The fourth-order valence-electron chi connectivity index (χ4n) is 2.75. The fourth-order valence-corrected chi connectivity index (χ4v) is 3.91. The SMILES string of the molecule is COc1ccc(OC)c(N=C2NC(=O)CC(C(=O)Nc3cc(C(F)(F)F)ccc3Cl)S2)c1. The van der Waals surface area contributed by atoms with Crippen molar-refractivity contribution in [3.05, 3.63) is 47.0 Å². The van der Waals surface area contributed by atoms with Crippen molar-refractivity contribution in [2.75, 3.05) is 19.5 Å². The summed E-state index contributed by atoms with van der Waals surface area (Å²) in [4.78, 5) is 29.2. The molecule has 1 unspecified atom stereocenters. The summed E-state index contributed by atoms with van der Waals surface area (Å²) < 4.78 is 49.3. The molecule has 1 aliphatic heterocycles. The second kappa shape index (κ2) is 9.70. The molecule has 0 spiro atoms. The molecule has 1 heterocycles. The number of carbonyl (C=O) groups excluding carboxylic acids is 2. The highest BCUT2D eigenvalue weighted by molar-refractivity contribution is 8.15. The zero-order valence-corrected chi connectivity index (χ0v) is 18.3. The average Bonchev–Trinajstić information content (AvgIpc) is 2.74. The number of amides is 2. The Morgan fingerprint density at radius 3 is 2.62 bits per heavy atom. The van der Waals surface area contributed by atoms with Crippen molar-refractivity contribution < 1.29 is 32.2 Å². The molecule has 1 atom stereocenters. The van der Waals surface area contributed by atoms with Crippen LogP contribution in [-0.4, -0.2) is 36.5 Å². The van der Waals surface area contributed by atoms with Gasteiger partial charge in [0.25, 0.3) is 0 Å². The zero-order valence-electron chi connectivity index (χ0n) is 16.7. The number of hydrogen-bond acceptors (Lipinski definition) is 6. The van der Waals surface area contributed by atoms with E-state index in [-0.39, 0.29) is 22.3 Å². The van der Waals surface area contributed by atoms with E-state index in [2.05, 4.69) is 15.6 Å². The lowest BCUT2D eigenvalue weighted by molar-refractivity contribution is -0.137. The third kappa shape index (κ3) is 5.65. The van der Waals surface area contributed by atoms with Crippen LogP contribution < -0.4 is 20.1 Å². The first kappa shape index (κ1) is 23.7. The average molecular weight is 488 g/mol.